The van der Waals surface area contributed by atoms with E-state index < -0.39 is 0 Å². The fraction of sp³-hybridized carbons (Fsp3) is 0.240. The summed E-state index contributed by atoms with van der Waals surface area (Å²) >= 11 is 0. The van der Waals surface area contributed by atoms with E-state index in [0.29, 0.717) is 0 Å². The Morgan fingerprint density at radius 2 is 1.97 bits per heavy atom. The second-order valence-electron chi connectivity index (χ2n) is 8.50. The molecule has 2 aliphatic heterocycles. The van der Waals surface area contributed by atoms with Gasteiger partial charge in [-0.15, -0.1) is 0 Å². The van der Waals surface area contributed by atoms with Gasteiger partial charge in [0, 0.05) is 47.7 Å². The molecule has 0 bridgehead atoms. The molecule has 0 amide bonds. The molecule has 32 heavy (non-hydrogen) atoms. The number of hydrogen-bond donors (Lipinski definition) is 3. The highest BCUT2D eigenvalue weighted by atomic mass is 15.1. The molecule has 5 heterocycles. The third kappa shape index (κ3) is 3.71. The molecule has 1 aromatic carbocycles. The van der Waals surface area contributed by atoms with E-state index in [2.05, 4.69) is 67.1 Å². The van der Waals surface area contributed by atoms with Gasteiger partial charge in [-0.1, -0.05) is 0 Å². The lowest BCUT2D eigenvalue weighted by Gasteiger charge is -2.19. The van der Waals surface area contributed by atoms with E-state index in [-0.39, 0.29) is 0 Å². The minimum Gasteiger partial charge on any atom is -0.387 e. The van der Waals surface area contributed by atoms with Crippen molar-refractivity contribution in [2.45, 2.75) is 25.9 Å². The molecule has 3 N–H and O–H groups in total. The van der Waals surface area contributed by atoms with Gasteiger partial charge in [-0.2, -0.15) is 5.10 Å². The van der Waals surface area contributed by atoms with Crippen molar-refractivity contribution in [1.82, 2.24) is 30.4 Å². The number of benzene rings is 1. The van der Waals surface area contributed by atoms with Gasteiger partial charge in [0.15, 0.2) is 0 Å². The first-order valence-electron chi connectivity index (χ1n) is 11.1. The molecule has 1 fully saturated rings. The van der Waals surface area contributed by atoms with E-state index in [9.17, 15) is 0 Å². The van der Waals surface area contributed by atoms with Crippen molar-refractivity contribution in [2.24, 2.45) is 0 Å². The lowest BCUT2D eigenvalue weighted by Crippen LogP contribution is -2.18. The van der Waals surface area contributed by atoms with Crippen LogP contribution in [0.5, 0.6) is 0 Å². The molecule has 4 aromatic rings. The Hall–Kier alpha value is -3.71. The summed E-state index contributed by atoms with van der Waals surface area (Å²) in [5.74, 6) is 0.859. The number of rotatable bonds is 5. The van der Waals surface area contributed by atoms with E-state index >= 15 is 0 Å². The summed E-state index contributed by atoms with van der Waals surface area (Å²) in [5.41, 5.74) is 7.51. The highest BCUT2D eigenvalue weighted by molar-refractivity contribution is 5.83. The molecule has 3 aromatic heterocycles. The minimum atomic E-state index is 0.737. The van der Waals surface area contributed by atoms with E-state index in [1.807, 2.05) is 24.8 Å². The average molecular weight is 424 g/mol. The Labute approximate surface area is 186 Å². The first kappa shape index (κ1) is 19.0. The number of likely N-dealkylation sites (tertiary alicyclic amines) is 1. The molecule has 0 radical (unpaired) electrons. The van der Waals surface area contributed by atoms with Crippen LogP contribution < -0.4 is 10.6 Å². The quantitative estimate of drug-likeness (QED) is 0.440. The van der Waals surface area contributed by atoms with Gasteiger partial charge in [-0.05, 0) is 79.7 Å². The maximum Gasteiger partial charge on any atom is 0.136 e. The molecule has 1 saturated heterocycles. The Bertz CT molecular complexity index is 1300. The lowest BCUT2D eigenvalue weighted by atomic mass is 10.0. The van der Waals surface area contributed by atoms with Crippen molar-refractivity contribution in [3.05, 3.63) is 71.8 Å². The van der Waals surface area contributed by atoms with Crippen LogP contribution in [0.4, 0.5) is 11.5 Å². The highest BCUT2D eigenvalue weighted by Crippen LogP contribution is 2.31. The number of H-pyrrole nitrogens is 1. The molecule has 7 nitrogen and oxygen atoms in total. The fourth-order valence-corrected chi connectivity index (χ4v) is 4.55. The summed E-state index contributed by atoms with van der Waals surface area (Å²) in [6, 6.07) is 10.6. The second-order valence-corrected chi connectivity index (χ2v) is 8.50. The highest BCUT2D eigenvalue weighted by Gasteiger charge is 2.16. The molecule has 0 saturated carbocycles. The number of aromatic nitrogens is 4. The first-order valence-corrected chi connectivity index (χ1v) is 11.1. The third-order valence-corrected chi connectivity index (χ3v) is 6.22. The number of anilines is 2. The Morgan fingerprint density at radius 3 is 2.91 bits per heavy atom. The SMILES string of the molecule is C1=Cc2cc(-c3cncc(CN4CCCC4)c3)nc(Nc3ccc4cn[nH]c4c3)c2CN1. The average Bonchev–Trinajstić information content (AvgIpc) is 3.51. The van der Waals surface area contributed by atoms with E-state index in [4.69, 9.17) is 4.98 Å². The fourth-order valence-electron chi connectivity index (χ4n) is 4.55. The van der Waals surface area contributed by atoms with Gasteiger partial charge in [0.05, 0.1) is 17.4 Å². The van der Waals surface area contributed by atoms with Crippen molar-refractivity contribution in [3.8, 4) is 11.3 Å². The zero-order valence-electron chi connectivity index (χ0n) is 17.8. The minimum absolute atomic E-state index is 0.737. The summed E-state index contributed by atoms with van der Waals surface area (Å²) in [7, 11) is 0. The molecule has 7 heteroatoms. The first-order chi connectivity index (χ1) is 15.8. The van der Waals surface area contributed by atoms with Gasteiger partial charge < -0.3 is 10.6 Å². The van der Waals surface area contributed by atoms with Crippen LogP contribution in [-0.2, 0) is 13.1 Å². The van der Waals surface area contributed by atoms with Crippen LogP contribution in [0, 0.1) is 0 Å². The van der Waals surface area contributed by atoms with E-state index in [1.54, 1.807) is 0 Å². The Kier molecular flexibility index (Phi) is 4.81. The third-order valence-electron chi connectivity index (χ3n) is 6.22. The van der Waals surface area contributed by atoms with Gasteiger partial charge in [0.25, 0.3) is 0 Å². The number of fused-ring (bicyclic) bond motifs is 2. The molecular weight excluding hydrogens is 398 g/mol. The van der Waals surface area contributed by atoms with Crippen LogP contribution in [0.3, 0.4) is 0 Å². The number of hydrogen-bond acceptors (Lipinski definition) is 6. The summed E-state index contributed by atoms with van der Waals surface area (Å²) in [5, 5.41) is 15.1. The second kappa shape index (κ2) is 8.09. The van der Waals surface area contributed by atoms with Crippen LogP contribution in [0.1, 0.15) is 29.5 Å². The normalized spacial score (nSPS) is 15.6. The molecule has 160 valence electrons. The molecule has 0 aliphatic carbocycles. The largest absolute Gasteiger partial charge is 0.387 e. The predicted molar refractivity (Wildman–Crippen MR) is 127 cm³/mol. The molecule has 6 rings (SSSR count). The Balaban J connectivity index is 1.36. The van der Waals surface area contributed by atoms with Crippen molar-refractivity contribution < 1.29 is 0 Å². The molecule has 0 unspecified atom stereocenters. The monoisotopic (exact) mass is 423 g/mol. The summed E-state index contributed by atoms with van der Waals surface area (Å²) in [4.78, 5) is 12.1. The summed E-state index contributed by atoms with van der Waals surface area (Å²) in [6.07, 6.45) is 12.4. The van der Waals surface area contributed by atoms with Crippen LogP contribution >= 0.6 is 0 Å². The number of nitrogens with zero attached hydrogens (tertiary/aromatic N) is 4. The predicted octanol–water partition coefficient (Wildman–Crippen LogP) is 4.43. The molecule has 0 atom stereocenters. The number of nitrogens with one attached hydrogen (secondary N) is 3. The zero-order valence-corrected chi connectivity index (χ0v) is 17.8. The van der Waals surface area contributed by atoms with Gasteiger partial charge in [-0.3, -0.25) is 15.0 Å². The van der Waals surface area contributed by atoms with Crippen LogP contribution in [0.25, 0.3) is 28.2 Å². The zero-order chi connectivity index (χ0) is 21.3. The van der Waals surface area contributed by atoms with E-state index in [1.165, 1.54) is 37.1 Å². The number of pyridine rings is 2. The smallest absolute Gasteiger partial charge is 0.136 e. The van der Waals surface area contributed by atoms with Gasteiger partial charge in [0.2, 0.25) is 0 Å². The molecule has 0 spiro atoms. The van der Waals surface area contributed by atoms with Crippen LogP contribution in [0.15, 0.2) is 55.1 Å². The van der Waals surface area contributed by atoms with Gasteiger partial charge >= 0.3 is 0 Å². The van der Waals surface area contributed by atoms with Crippen LogP contribution in [-0.4, -0.2) is 38.2 Å². The topological polar surface area (TPSA) is 81.8 Å². The van der Waals surface area contributed by atoms with Crippen molar-refractivity contribution in [2.75, 3.05) is 18.4 Å². The van der Waals surface area contributed by atoms with Crippen molar-refractivity contribution >= 4 is 28.5 Å². The molecule has 2 aliphatic rings. The van der Waals surface area contributed by atoms with Crippen molar-refractivity contribution in [1.29, 1.82) is 0 Å². The summed E-state index contributed by atoms with van der Waals surface area (Å²) < 4.78 is 0. The maximum atomic E-state index is 5.03. The standard InChI is InChI=1S/C25H25N7/c1-2-8-32(7-1)16-17-9-20(13-27-12-17)23-10-18-5-6-26-15-22(18)25(30-23)29-21-4-3-19-14-28-31-24(19)11-21/h3-6,9-14,26H,1-2,7-8,15-16H2,(H,28,31)(H,29,30). The molecular formula is C25H25N7. The summed E-state index contributed by atoms with van der Waals surface area (Å²) in [6.45, 7) is 4.04. The number of aromatic amines is 1. The maximum absolute atomic E-state index is 5.03. The van der Waals surface area contributed by atoms with Crippen LogP contribution in [0.2, 0.25) is 0 Å². The van der Waals surface area contributed by atoms with Gasteiger partial charge in [-0.25, -0.2) is 4.98 Å². The Morgan fingerprint density at radius 1 is 1.03 bits per heavy atom. The lowest BCUT2D eigenvalue weighted by molar-refractivity contribution is 0.331. The van der Waals surface area contributed by atoms with E-state index in [0.717, 1.165) is 52.3 Å². The van der Waals surface area contributed by atoms with Gasteiger partial charge in [0.1, 0.15) is 5.82 Å². The van der Waals surface area contributed by atoms with Crippen molar-refractivity contribution in [3.63, 3.8) is 0 Å².